The Morgan fingerprint density at radius 1 is 1.50 bits per heavy atom. The van der Waals surface area contributed by atoms with Crippen LogP contribution in [0.15, 0.2) is 21.9 Å². The predicted molar refractivity (Wildman–Crippen MR) is 67.2 cm³/mol. The molecule has 0 unspecified atom stereocenters. The van der Waals surface area contributed by atoms with Gasteiger partial charge in [-0.3, -0.25) is 4.40 Å². The first-order chi connectivity index (χ1) is 7.54. The maximum absolute atomic E-state index is 10.9. The Hall–Kier alpha value is -1.23. The van der Waals surface area contributed by atoms with Gasteiger partial charge >= 0.3 is 0 Å². The second-order valence-corrected chi connectivity index (χ2v) is 5.02. The SMILES string of the molecule is Cc1cc(Br)cn2c(N=O)c(C(C)C)nc12. The molecule has 2 heterocycles. The first-order valence-corrected chi connectivity index (χ1v) is 5.85. The van der Waals surface area contributed by atoms with Gasteiger partial charge in [-0.25, -0.2) is 4.98 Å². The standard InChI is InChI=1S/C11H12BrN3O/c1-6(2)9-11(14-16)15-5-8(12)4-7(3)10(15)13-9/h4-6H,1-3H3. The van der Waals surface area contributed by atoms with Crippen LogP contribution in [0, 0.1) is 11.8 Å². The van der Waals surface area contributed by atoms with E-state index < -0.39 is 0 Å². The molecule has 0 radical (unpaired) electrons. The maximum Gasteiger partial charge on any atom is 0.205 e. The molecule has 5 heteroatoms. The Bertz CT molecular complexity index is 560. The third kappa shape index (κ3) is 1.65. The molecular weight excluding hydrogens is 270 g/mol. The van der Waals surface area contributed by atoms with Crippen molar-refractivity contribution in [3.8, 4) is 0 Å². The topological polar surface area (TPSA) is 46.7 Å². The molecule has 2 aromatic heterocycles. The van der Waals surface area contributed by atoms with Gasteiger partial charge in [-0.15, -0.1) is 4.91 Å². The fourth-order valence-electron chi connectivity index (χ4n) is 1.75. The highest BCUT2D eigenvalue weighted by Crippen LogP contribution is 2.30. The lowest BCUT2D eigenvalue weighted by molar-refractivity contribution is 0.834. The summed E-state index contributed by atoms with van der Waals surface area (Å²) >= 11 is 3.40. The fourth-order valence-corrected chi connectivity index (χ4v) is 2.30. The van der Waals surface area contributed by atoms with Crippen molar-refractivity contribution in [3.05, 3.63) is 32.9 Å². The fraction of sp³-hybridized carbons (Fsp3) is 0.364. The summed E-state index contributed by atoms with van der Waals surface area (Å²) in [5, 5.41) is 3.09. The summed E-state index contributed by atoms with van der Waals surface area (Å²) in [6, 6.07) is 1.97. The Morgan fingerprint density at radius 3 is 2.75 bits per heavy atom. The van der Waals surface area contributed by atoms with Crippen LogP contribution in [-0.4, -0.2) is 9.38 Å². The van der Waals surface area contributed by atoms with Gasteiger partial charge < -0.3 is 0 Å². The monoisotopic (exact) mass is 281 g/mol. The van der Waals surface area contributed by atoms with Gasteiger partial charge in [0.25, 0.3) is 0 Å². The van der Waals surface area contributed by atoms with Crippen LogP contribution in [-0.2, 0) is 0 Å². The summed E-state index contributed by atoms with van der Waals surface area (Å²) in [6.45, 7) is 5.97. The molecule has 0 aliphatic rings. The zero-order chi connectivity index (χ0) is 11.9. The van der Waals surface area contributed by atoms with E-state index in [0.29, 0.717) is 5.82 Å². The minimum Gasteiger partial charge on any atom is -0.280 e. The number of nitrogens with zero attached hydrogens (tertiary/aromatic N) is 3. The highest BCUT2D eigenvalue weighted by Gasteiger charge is 2.17. The third-order valence-corrected chi connectivity index (χ3v) is 2.94. The molecule has 0 aliphatic carbocycles. The number of hydrogen-bond acceptors (Lipinski definition) is 3. The molecule has 0 aliphatic heterocycles. The summed E-state index contributed by atoms with van der Waals surface area (Å²) in [6.07, 6.45) is 1.82. The number of imidazole rings is 1. The quantitative estimate of drug-likeness (QED) is 0.783. The van der Waals surface area contributed by atoms with Crippen molar-refractivity contribution < 1.29 is 0 Å². The molecular formula is C11H12BrN3O. The van der Waals surface area contributed by atoms with E-state index in [1.807, 2.05) is 33.0 Å². The minimum absolute atomic E-state index is 0.186. The molecule has 84 valence electrons. The van der Waals surface area contributed by atoms with Crippen LogP contribution in [0.4, 0.5) is 5.82 Å². The van der Waals surface area contributed by atoms with Gasteiger partial charge in [0.05, 0.1) is 5.69 Å². The van der Waals surface area contributed by atoms with Crippen molar-refractivity contribution in [2.75, 3.05) is 0 Å². The van der Waals surface area contributed by atoms with Gasteiger partial charge in [0, 0.05) is 10.7 Å². The normalized spacial score (nSPS) is 11.3. The molecule has 2 aromatic rings. The summed E-state index contributed by atoms with van der Waals surface area (Å²) in [4.78, 5) is 15.4. The van der Waals surface area contributed by atoms with Crippen LogP contribution >= 0.6 is 15.9 Å². The van der Waals surface area contributed by atoms with Gasteiger partial charge in [-0.2, -0.15) is 0 Å². The number of fused-ring (bicyclic) bond motifs is 1. The number of nitroso groups, excluding NO2 is 1. The van der Waals surface area contributed by atoms with E-state index in [9.17, 15) is 4.91 Å². The number of halogens is 1. The first kappa shape index (κ1) is 11.3. The molecule has 16 heavy (non-hydrogen) atoms. The zero-order valence-corrected chi connectivity index (χ0v) is 10.9. The van der Waals surface area contributed by atoms with E-state index in [1.54, 1.807) is 4.40 Å². The van der Waals surface area contributed by atoms with E-state index in [1.165, 1.54) is 0 Å². The molecule has 0 saturated heterocycles. The molecule has 0 atom stereocenters. The summed E-state index contributed by atoms with van der Waals surface area (Å²) < 4.78 is 2.65. The summed E-state index contributed by atoms with van der Waals surface area (Å²) in [5.74, 6) is 0.583. The lowest BCUT2D eigenvalue weighted by Crippen LogP contribution is -1.87. The van der Waals surface area contributed by atoms with Crippen LogP contribution in [0.2, 0.25) is 0 Å². The molecule has 0 aromatic carbocycles. The van der Waals surface area contributed by atoms with Crippen molar-refractivity contribution in [2.24, 2.45) is 5.18 Å². The summed E-state index contributed by atoms with van der Waals surface area (Å²) in [5.41, 5.74) is 2.56. The Balaban J connectivity index is 2.87. The molecule has 0 saturated carbocycles. The molecule has 0 amide bonds. The van der Waals surface area contributed by atoms with Crippen LogP contribution in [0.5, 0.6) is 0 Å². The lowest BCUT2D eigenvalue weighted by Gasteiger charge is -2.00. The van der Waals surface area contributed by atoms with E-state index in [4.69, 9.17) is 0 Å². The maximum atomic E-state index is 10.9. The van der Waals surface area contributed by atoms with E-state index in [2.05, 4.69) is 26.1 Å². The molecule has 0 fully saturated rings. The average Bonchev–Trinajstić information content (AvgIpc) is 2.56. The lowest BCUT2D eigenvalue weighted by atomic mass is 10.1. The number of pyridine rings is 1. The first-order valence-electron chi connectivity index (χ1n) is 5.06. The smallest absolute Gasteiger partial charge is 0.205 e. The van der Waals surface area contributed by atoms with Crippen molar-refractivity contribution in [3.63, 3.8) is 0 Å². The van der Waals surface area contributed by atoms with Crippen LogP contribution < -0.4 is 0 Å². The summed E-state index contributed by atoms with van der Waals surface area (Å²) in [7, 11) is 0. The highest BCUT2D eigenvalue weighted by molar-refractivity contribution is 9.10. The van der Waals surface area contributed by atoms with Gasteiger partial charge in [0.2, 0.25) is 5.82 Å². The zero-order valence-electron chi connectivity index (χ0n) is 9.36. The minimum atomic E-state index is 0.186. The number of aromatic nitrogens is 2. The second-order valence-electron chi connectivity index (χ2n) is 4.10. The van der Waals surface area contributed by atoms with Crippen LogP contribution in [0.25, 0.3) is 5.65 Å². The Morgan fingerprint density at radius 2 is 2.19 bits per heavy atom. The number of rotatable bonds is 2. The van der Waals surface area contributed by atoms with Crippen molar-refractivity contribution in [2.45, 2.75) is 26.7 Å². The largest absolute Gasteiger partial charge is 0.280 e. The van der Waals surface area contributed by atoms with E-state index >= 15 is 0 Å². The molecule has 2 rings (SSSR count). The number of hydrogen-bond donors (Lipinski definition) is 0. The number of aryl methyl sites for hydroxylation is 1. The molecule has 0 N–H and O–H groups in total. The molecule has 4 nitrogen and oxygen atoms in total. The van der Waals surface area contributed by atoms with Gasteiger partial charge in [-0.1, -0.05) is 13.8 Å². The van der Waals surface area contributed by atoms with E-state index in [-0.39, 0.29) is 5.92 Å². The van der Waals surface area contributed by atoms with Gasteiger partial charge in [0.1, 0.15) is 5.65 Å². The van der Waals surface area contributed by atoms with Gasteiger partial charge in [0.15, 0.2) is 0 Å². The second kappa shape index (κ2) is 3.97. The van der Waals surface area contributed by atoms with Crippen molar-refractivity contribution in [1.29, 1.82) is 0 Å². The third-order valence-electron chi connectivity index (χ3n) is 2.50. The van der Waals surface area contributed by atoms with Crippen molar-refractivity contribution >= 4 is 27.4 Å². The van der Waals surface area contributed by atoms with Crippen LogP contribution in [0.1, 0.15) is 31.0 Å². The molecule has 0 bridgehead atoms. The Labute approximate surface area is 102 Å². The van der Waals surface area contributed by atoms with Crippen molar-refractivity contribution in [1.82, 2.24) is 9.38 Å². The van der Waals surface area contributed by atoms with Crippen LogP contribution in [0.3, 0.4) is 0 Å². The van der Waals surface area contributed by atoms with E-state index in [0.717, 1.165) is 21.4 Å². The van der Waals surface area contributed by atoms with Gasteiger partial charge in [-0.05, 0) is 45.6 Å². The average molecular weight is 282 g/mol. The highest BCUT2D eigenvalue weighted by atomic mass is 79.9. The Kier molecular flexibility index (Phi) is 2.80. The predicted octanol–water partition coefficient (Wildman–Crippen LogP) is 3.93. The molecule has 0 spiro atoms.